The highest BCUT2D eigenvalue weighted by molar-refractivity contribution is 6.30. The molecule has 3 aromatic rings. The molecule has 0 aliphatic rings. The molecule has 5 heteroatoms. The lowest BCUT2D eigenvalue weighted by Crippen LogP contribution is -2.51. The molecule has 3 rings (SSSR count). The Balaban J connectivity index is 1.87. The van der Waals surface area contributed by atoms with Gasteiger partial charge in [0.25, 0.3) is 0 Å². The summed E-state index contributed by atoms with van der Waals surface area (Å²) < 4.78 is 0. The molecule has 3 aromatic carbocycles. The molecule has 0 aliphatic heterocycles. The molecule has 0 fully saturated rings. The summed E-state index contributed by atoms with van der Waals surface area (Å²) in [5, 5.41) is 3.68. The maximum absolute atomic E-state index is 13.8. The molecular formula is C33H41ClN2O2. The van der Waals surface area contributed by atoms with Crippen LogP contribution in [0.5, 0.6) is 0 Å². The topological polar surface area (TPSA) is 49.4 Å². The smallest absolute Gasteiger partial charge is 0.243 e. The van der Waals surface area contributed by atoms with Gasteiger partial charge in [0.05, 0.1) is 0 Å². The highest BCUT2D eigenvalue weighted by atomic mass is 35.5. The standard InChI is InChI=1S/C33H41ClN2O2/c1-24(2)22-35-32(38)30(21-26-10-7-6-8-11-26)36(23-27-12-9-13-29(34)20-27)31(37)19-16-25-14-17-28(18-15-25)33(3,4)5/h6-15,17-18,20,24,30H,16,19,21-23H2,1-5H3,(H,35,38). The van der Waals surface area contributed by atoms with Gasteiger partial charge in [-0.15, -0.1) is 0 Å². The van der Waals surface area contributed by atoms with Gasteiger partial charge in [-0.05, 0) is 52.1 Å². The number of nitrogens with one attached hydrogen (secondary N) is 1. The van der Waals surface area contributed by atoms with Gasteiger partial charge in [0.2, 0.25) is 11.8 Å². The molecule has 0 saturated heterocycles. The van der Waals surface area contributed by atoms with Gasteiger partial charge in [0, 0.05) is 31.0 Å². The predicted octanol–water partition coefficient (Wildman–Crippen LogP) is 6.98. The second-order valence-corrected chi connectivity index (χ2v) is 11.9. The molecule has 0 saturated carbocycles. The molecule has 2 amide bonds. The minimum Gasteiger partial charge on any atom is -0.354 e. The fraction of sp³-hybridized carbons (Fsp3) is 0.394. The van der Waals surface area contributed by atoms with Crippen LogP contribution >= 0.6 is 11.6 Å². The lowest BCUT2D eigenvalue weighted by atomic mass is 9.86. The number of nitrogens with zero attached hydrogens (tertiary/aromatic N) is 1. The quantitative estimate of drug-likeness (QED) is 0.289. The van der Waals surface area contributed by atoms with Crippen molar-refractivity contribution in [2.75, 3.05) is 6.54 Å². The first-order valence-electron chi connectivity index (χ1n) is 13.5. The summed E-state index contributed by atoms with van der Waals surface area (Å²) in [6, 6.07) is 25.2. The Morgan fingerprint density at radius 3 is 2.13 bits per heavy atom. The highest BCUT2D eigenvalue weighted by Gasteiger charge is 2.30. The minimum atomic E-state index is -0.633. The summed E-state index contributed by atoms with van der Waals surface area (Å²) in [5.74, 6) is 0.127. The highest BCUT2D eigenvalue weighted by Crippen LogP contribution is 2.23. The van der Waals surface area contributed by atoms with Crippen molar-refractivity contribution in [1.29, 1.82) is 0 Å². The molecule has 4 nitrogen and oxygen atoms in total. The van der Waals surface area contributed by atoms with E-state index in [9.17, 15) is 9.59 Å². The summed E-state index contributed by atoms with van der Waals surface area (Å²) in [6.45, 7) is 11.6. The molecule has 202 valence electrons. The van der Waals surface area contributed by atoms with Gasteiger partial charge in [0.15, 0.2) is 0 Å². The Bertz CT molecular complexity index is 1180. The van der Waals surface area contributed by atoms with E-state index in [4.69, 9.17) is 11.6 Å². The first kappa shape index (κ1) is 29.4. The van der Waals surface area contributed by atoms with Gasteiger partial charge in [-0.1, -0.05) is 113 Å². The van der Waals surface area contributed by atoms with Crippen molar-refractivity contribution in [2.45, 2.75) is 71.9 Å². The van der Waals surface area contributed by atoms with Crippen LogP contribution in [-0.2, 0) is 34.4 Å². The summed E-state index contributed by atoms with van der Waals surface area (Å²) >= 11 is 6.27. The fourth-order valence-corrected chi connectivity index (χ4v) is 4.59. The van der Waals surface area contributed by atoms with Gasteiger partial charge >= 0.3 is 0 Å². The first-order valence-corrected chi connectivity index (χ1v) is 13.9. The van der Waals surface area contributed by atoms with Crippen LogP contribution in [0.2, 0.25) is 5.02 Å². The fourth-order valence-electron chi connectivity index (χ4n) is 4.37. The number of hydrogen-bond donors (Lipinski definition) is 1. The van der Waals surface area contributed by atoms with E-state index in [0.717, 1.165) is 16.7 Å². The van der Waals surface area contributed by atoms with Gasteiger partial charge in [-0.2, -0.15) is 0 Å². The van der Waals surface area contributed by atoms with Gasteiger partial charge in [0.1, 0.15) is 6.04 Å². The number of amides is 2. The van der Waals surface area contributed by atoms with E-state index >= 15 is 0 Å². The maximum atomic E-state index is 13.8. The molecule has 0 spiro atoms. The normalized spacial score (nSPS) is 12.3. The van der Waals surface area contributed by atoms with E-state index in [2.05, 4.69) is 64.2 Å². The zero-order chi connectivity index (χ0) is 27.7. The molecule has 38 heavy (non-hydrogen) atoms. The second-order valence-electron chi connectivity index (χ2n) is 11.4. The Hall–Kier alpha value is -3.11. The van der Waals surface area contributed by atoms with Crippen LogP contribution in [0.1, 0.15) is 63.3 Å². The van der Waals surface area contributed by atoms with Crippen molar-refractivity contribution in [1.82, 2.24) is 10.2 Å². The molecule has 0 aromatic heterocycles. The lowest BCUT2D eigenvalue weighted by molar-refractivity contribution is -0.141. The number of benzene rings is 3. The van der Waals surface area contributed by atoms with Gasteiger partial charge in [-0.3, -0.25) is 9.59 Å². The molecule has 0 heterocycles. The molecule has 0 aliphatic carbocycles. The van der Waals surface area contributed by atoms with Crippen LogP contribution in [0.4, 0.5) is 0 Å². The molecule has 1 unspecified atom stereocenters. The van der Waals surface area contributed by atoms with Gasteiger partial charge in [-0.25, -0.2) is 0 Å². The molecule has 0 radical (unpaired) electrons. The van der Waals surface area contributed by atoms with E-state index in [1.165, 1.54) is 5.56 Å². The van der Waals surface area contributed by atoms with Crippen molar-refractivity contribution in [3.8, 4) is 0 Å². The molecule has 1 N–H and O–H groups in total. The Morgan fingerprint density at radius 2 is 1.53 bits per heavy atom. The number of rotatable bonds is 11. The molecule has 1 atom stereocenters. The van der Waals surface area contributed by atoms with Crippen LogP contribution in [0.3, 0.4) is 0 Å². The SMILES string of the molecule is CC(C)CNC(=O)C(Cc1ccccc1)N(Cc1cccc(Cl)c1)C(=O)CCc1ccc(C(C)(C)C)cc1. The summed E-state index contributed by atoms with van der Waals surface area (Å²) in [7, 11) is 0. The Labute approximate surface area is 233 Å². The van der Waals surface area contributed by atoms with Crippen LogP contribution in [0.15, 0.2) is 78.9 Å². The van der Waals surface area contributed by atoms with Crippen molar-refractivity contribution < 1.29 is 9.59 Å². The monoisotopic (exact) mass is 532 g/mol. The zero-order valence-electron chi connectivity index (χ0n) is 23.3. The van der Waals surface area contributed by atoms with Crippen molar-refractivity contribution in [3.63, 3.8) is 0 Å². The molecular weight excluding hydrogens is 492 g/mol. The summed E-state index contributed by atoms with van der Waals surface area (Å²) in [6.07, 6.45) is 1.37. The predicted molar refractivity (Wildman–Crippen MR) is 157 cm³/mol. The summed E-state index contributed by atoms with van der Waals surface area (Å²) in [4.78, 5) is 29.1. The average molecular weight is 533 g/mol. The first-order chi connectivity index (χ1) is 18.0. The summed E-state index contributed by atoms with van der Waals surface area (Å²) in [5.41, 5.74) is 4.36. The van der Waals surface area contributed by atoms with E-state index in [1.807, 2.05) is 54.6 Å². The Morgan fingerprint density at radius 1 is 0.868 bits per heavy atom. The van der Waals surface area contributed by atoms with Gasteiger partial charge < -0.3 is 10.2 Å². The van der Waals surface area contributed by atoms with E-state index < -0.39 is 6.04 Å². The number of carbonyl (C=O) groups is 2. The van der Waals surface area contributed by atoms with Crippen LogP contribution in [0, 0.1) is 5.92 Å². The third kappa shape index (κ3) is 9.02. The van der Waals surface area contributed by atoms with Crippen molar-refractivity contribution in [3.05, 3.63) is 106 Å². The second kappa shape index (κ2) is 13.6. The van der Waals surface area contributed by atoms with Crippen LogP contribution in [0.25, 0.3) is 0 Å². The van der Waals surface area contributed by atoms with E-state index in [1.54, 1.807) is 4.90 Å². The largest absolute Gasteiger partial charge is 0.354 e. The lowest BCUT2D eigenvalue weighted by Gasteiger charge is -2.32. The number of aryl methyl sites for hydroxylation is 1. The minimum absolute atomic E-state index is 0.0505. The van der Waals surface area contributed by atoms with Crippen molar-refractivity contribution >= 4 is 23.4 Å². The number of halogens is 1. The van der Waals surface area contributed by atoms with E-state index in [0.29, 0.717) is 43.3 Å². The maximum Gasteiger partial charge on any atom is 0.243 e. The van der Waals surface area contributed by atoms with E-state index in [-0.39, 0.29) is 17.2 Å². The van der Waals surface area contributed by atoms with Crippen LogP contribution in [-0.4, -0.2) is 29.3 Å². The number of carbonyl (C=O) groups excluding carboxylic acids is 2. The third-order valence-electron chi connectivity index (χ3n) is 6.65. The average Bonchev–Trinajstić information content (AvgIpc) is 2.88. The number of hydrogen-bond acceptors (Lipinski definition) is 2. The zero-order valence-corrected chi connectivity index (χ0v) is 24.1. The van der Waals surface area contributed by atoms with Crippen LogP contribution < -0.4 is 5.32 Å². The van der Waals surface area contributed by atoms with Crippen molar-refractivity contribution in [2.24, 2.45) is 5.92 Å². The third-order valence-corrected chi connectivity index (χ3v) is 6.88. The molecule has 0 bridgehead atoms. The Kier molecular flexibility index (Phi) is 10.6.